The molecule has 1 N–H and O–H groups in total. The summed E-state index contributed by atoms with van der Waals surface area (Å²) in [6, 6.07) is 1.47. The van der Waals surface area contributed by atoms with E-state index in [1.807, 2.05) is 0 Å². The molecule has 0 amide bonds. The van der Waals surface area contributed by atoms with Crippen LogP contribution in [0.5, 0.6) is 0 Å². The van der Waals surface area contributed by atoms with Crippen LogP contribution in [0.25, 0.3) is 0 Å². The zero-order chi connectivity index (χ0) is 10.4. The predicted octanol–water partition coefficient (Wildman–Crippen LogP) is 3.34. The molecule has 0 aliphatic heterocycles. The topological polar surface area (TPSA) is 12.0 Å². The number of hydrogen-bond acceptors (Lipinski definition) is 1. The van der Waals surface area contributed by atoms with Gasteiger partial charge in [-0.1, -0.05) is 27.2 Å². The molecule has 2 saturated carbocycles. The van der Waals surface area contributed by atoms with Gasteiger partial charge in [0.05, 0.1) is 0 Å². The van der Waals surface area contributed by atoms with Crippen LogP contribution < -0.4 is 5.32 Å². The minimum atomic E-state index is 0.405. The van der Waals surface area contributed by atoms with Gasteiger partial charge >= 0.3 is 0 Å². The minimum absolute atomic E-state index is 0.405. The molecule has 1 heteroatoms. The first-order valence-corrected chi connectivity index (χ1v) is 6.17. The van der Waals surface area contributed by atoms with Crippen LogP contribution >= 0.6 is 0 Å². The van der Waals surface area contributed by atoms with Crippen LogP contribution in [0.2, 0.25) is 0 Å². The highest BCUT2D eigenvalue weighted by atomic mass is 15.0. The standard InChI is InChI=1S/C13H25N/c1-10(12(2,3)4)14-11-8-13(9-11)6-5-7-13/h10-11,14H,5-9H2,1-4H3. The van der Waals surface area contributed by atoms with Crippen LogP contribution in [0, 0.1) is 10.8 Å². The Kier molecular flexibility index (Phi) is 2.42. The van der Waals surface area contributed by atoms with E-state index in [1.54, 1.807) is 0 Å². The van der Waals surface area contributed by atoms with Gasteiger partial charge in [-0.3, -0.25) is 0 Å². The molecule has 82 valence electrons. The van der Waals surface area contributed by atoms with Crippen molar-refractivity contribution < 1.29 is 0 Å². The molecule has 1 nitrogen and oxygen atoms in total. The molecule has 0 radical (unpaired) electrons. The van der Waals surface area contributed by atoms with Gasteiger partial charge in [0.1, 0.15) is 0 Å². The van der Waals surface area contributed by atoms with Crippen molar-refractivity contribution in [2.45, 2.75) is 71.9 Å². The van der Waals surface area contributed by atoms with Crippen LogP contribution in [0.4, 0.5) is 0 Å². The van der Waals surface area contributed by atoms with Gasteiger partial charge in [0.25, 0.3) is 0 Å². The molecule has 0 aromatic carbocycles. The van der Waals surface area contributed by atoms with E-state index in [2.05, 4.69) is 33.0 Å². The van der Waals surface area contributed by atoms with Crippen molar-refractivity contribution >= 4 is 0 Å². The number of hydrogen-bond donors (Lipinski definition) is 1. The summed E-state index contributed by atoms with van der Waals surface area (Å²) in [5.41, 5.74) is 1.22. The summed E-state index contributed by atoms with van der Waals surface area (Å²) in [4.78, 5) is 0. The molecule has 2 aliphatic carbocycles. The highest BCUT2D eigenvalue weighted by molar-refractivity contribution is 5.03. The van der Waals surface area contributed by atoms with Gasteiger partial charge in [-0.15, -0.1) is 0 Å². The fraction of sp³-hybridized carbons (Fsp3) is 1.00. The maximum atomic E-state index is 3.78. The second-order valence-electron chi connectivity index (χ2n) is 6.71. The van der Waals surface area contributed by atoms with Crippen LogP contribution in [0.3, 0.4) is 0 Å². The van der Waals surface area contributed by atoms with Gasteiger partial charge in [0.2, 0.25) is 0 Å². The first-order valence-electron chi connectivity index (χ1n) is 6.17. The zero-order valence-electron chi connectivity index (χ0n) is 10.2. The van der Waals surface area contributed by atoms with Gasteiger partial charge in [-0.05, 0) is 43.4 Å². The molecule has 1 spiro atoms. The van der Waals surface area contributed by atoms with E-state index in [-0.39, 0.29) is 0 Å². The SMILES string of the molecule is CC(NC1CC2(CCC2)C1)C(C)(C)C. The molecule has 2 aliphatic rings. The van der Waals surface area contributed by atoms with Gasteiger partial charge in [0, 0.05) is 12.1 Å². The third-order valence-corrected chi connectivity index (χ3v) is 4.56. The summed E-state index contributed by atoms with van der Waals surface area (Å²) >= 11 is 0. The first kappa shape index (κ1) is 10.5. The maximum Gasteiger partial charge on any atom is 0.00898 e. The Balaban J connectivity index is 1.73. The summed E-state index contributed by atoms with van der Waals surface area (Å²) in [7, 11) is 0. The summed E-state index contributed by atoms with van der Waals surface area (Å²) in [5, 5.41) is 3.78. The minimum Gasteiger partial charge on any atom is -0.311 e. The van der Waals surface area contributed by atoms with Crippen molar-refractivity contribution in [3.8, 4) is 0 Å². The van der Waals surface area contributed by atoms with E-state index >= 15 is 0 Å². The molecule has 0 heterocycles. The monoisotopic (exact) mass is 195 g/mol. The summed E-state index contributed by atoms with van der Waals surface area (Å²) < 4.78 is 0. The van der Waals surface area contributed by atoms with Crippen molar-refractivity contribution in [2.75, 3.05) is 0 Å². The fourth-order valence-corrected chi connectivity index (χ4v) is 2.79. The van der Waals surface area contributed by atoms with E-state index in [9.17, 15) is 0 Å². The smallest absolute Gasteiger partial charge is 0.00898 e. The molecule has 2 rings (SSSR count). The Morgan fingerprint density at radius 1 is 1.21 bits per heavy atom. The molecule has 0 saturated heterocycles. The fourth-order valence-electron chi connectivity index (χ4n) is 2.79. The first-order chi connectivity index (χ1) is 6.41. The highest BCUT2D eigenvalue weighted by Crippen LogP contribution is 2.55. The molecule has 0 bridgehead atoms. The highest BCUT2D eigenvalue weighted by Gasteiger charge is 2.48. The normalized spacial score (nSPS) is 28.3. The lowest BCUT2D eigenvalue weighted by Crippen LogP contribution is -2.56. The van der Waals surface area contributed by atoms with Crippen molar-refractivity contribution in [3.05, 3.63) is 0 Å². The van der Waals surface area contributed by atoms with E-state index in [0.29, 0.717) is 11.5 Å². The Morgan fingerprint density at radius 3 is 2.14 bits per heavy atom. The Morgan fingerprint density at radius 2 is 1.79 bits per heavy atom. The second-order valence-corrected chi connectivity index (χ2v) is 6.71. The second kappa shape index (κ2) is 3.23. The third kappa shape index (κ3) is 1.84. The Hall–Kier alpha value is -0.0400. The lowest BCUT2D eigenvalue weighted by Gasteiger charge is -2.55. The van der Waals surface area contributed by atoms with E-state index < -0.39 is 0 Å². The average Bonchev–Trinajstić information content (AvgIpc) is 1.88. The van der Waals surface area contributed by atoms with Crippen molar-refractivity contribution in [2.24, 2.45) is 10.8 Å². The molecule has 2 fully saturated rings. The van der Waals surface area contributed by atoms with Crippen LogP contribution in [-0.4, -0.2) is 12.1 Å². The molecular formula is C13H25N. The molecule has 14 heavy (non-hydrogen) atoms. The Bertz CT molecular complexity index is 202. The lowest BCUT2D eigenvalue weighted by molar-refractivity contribution is -0.0105. The van der Waals surface area contributed by atoms with Gasteiger partial charge in [-0.25, -0.2) is 0 Å². The van der Waals surface area contributed by atoms with Gasteiger partial charge in [-0.2, -0.15) is 0 Å². The predicted molar refractivity (Wildman–Crippen MR) is 61.4 cm³/mol. The van der Waals surface area contributed by atoms with Crippen molar-refractivity contribution in [1.82, 2.24) is 5.32 Å². The van der Waals surface area contributed by atoms with Crippen molar-refractivity contribution in [1.29, 1.82) is 0 Å². The molecule has 1 unspecified atom stereocenters. The third-order valence-electron chi connectivity index (χ3n) is 4.56. The summed E-state index contributed by atoms with van der Waals surface area (Å²) in [5.74, 6) is 0. The summed E-state index contributed by atoms with van der Waals surface area (Å²) in [6.45, 7) is 9.29. The quantitative estimate of drug-likeness (QED) is 0.712. The Labute approximate surface area is 88.7 Å². The summed E-state index contributed by atoms with van der Waals surface area (Å²) in [6.07, 6.45) is 7.41. The number of rotatable bonds is 2. The molecule has 1 atom stereocenters. The van der Waals surface area contributed by atoms with E-state index in [4.69, 9.17) is 0 Å². The van der Waals surface area contributed by atoms with Gasteiger partial charge in [0.15, 0.2) is 0 Å². The average molecular weight is 195 g/mol. The number of nitrogens with one attached hydrogen (secondary N) is 1. The molecule has 0 aromatic heterocycles. The molecule has 0 aromatic rings. The van der Waals surface area contributed by atoms with Gasteiger partial charge < -0.3 is 5.32 Å². The van der Waals surface area contributed by atoms with Crippen LogP contribution in [0.1, 0.15) is 59.8 Å². The lowest BCUT2D eigenvalue weighted by atomic mass is 9.54. The maximum absolute atomic E-state index is 3.78. The zero-order valence-corrected chi connectivity index (χ0v) is 10.2. The van der Waals surface area contributed by atoms with Crippen molar-refractivity contribution in [3.63, 3.8) is 0 Å². The van der Waals surface area contributed by atoms with E-state index in [0.717, 1.165) is 11.5 Å². The van der Waals surface area contributed by atoms with Crippen LogP contribution in [0.15, 0.2) is 0 Å². The van der Waals surface area contributed by atoms with Crippen LogP contribution in [-0.2, 0) is 0 Å². The van der Waals surface area contributed by atoms with E-state index in [1.165, 1.54) is 32.1 Å². The largest absolute Gasteiger partial charge is 0.311 e. The molecular weight excluding hydrogens is 170 g/mol.